The van der Waals surface area contributed by atoms with Gasteiger partial charge in [0, 0.05) is 13.0 Å². The van der Waals surface area contributed by atoms with Crippen molar-refractivity contribution in [1.82, 2.24) is 10.6 Å². The van der Waals surface area contributed by atoms with Crippen LogP contribution < -0.4 is 10.6 Å². The van der Waals surface area contributed by atoms with Crippen LogP contribution >= 0.6 is 11.6 Å². The van der Waals surface area contributed by atoms with Gasteiger partial charge in [-0.05, 0) is 42.5 Å². The van der Waals surface area contributed by atoms with Crippen molar-refractivity contribution in [3.8, 4) is 0 Å². The first-order valence-corrected chi connectivity index (χ1v) is 9.65. The SMILES string of the molecule is CC(C)Cc1ccc(C(C)NC(=O)CCNC(=O)c2ccccc2Cl)cc1. The van der Waals surface area contributed by atoms with E-state index in [0.717, 1.165) is 12.0 Å². The first kappa shape index (κ1) is 21.0. The summed E-state index contributed by atoms with van der Waals surface area (Å²) in [6.07, 6.45) is 1.26. The summed E-state index contributed by atoms with van der Waals surface area (Å²) in [6, 6.07) is 15.1. The van der Waals surface area contributed by atoms with Crippen LogP contribution in [0.2, 0.25) is 5.02 Å². The lowest BCUT2D eigenvalue weighted by Crippen LogP contribution is -2.32. The fourth-order valence-corrected chi connectivity index (χ4v) is 3.06. The average molecular weight is 387 g/mol. The summed E-state index contributed by atoms with van der Waals surface area (Å²) >= 11 is 6.00. The molecular weight excluding hydrogens is 360 g/mol. The van der Waals surface area contributed by atoms with Gasteiger partial charge in [-0.2, -0.15) is 0 Å². The second-order valence-corrected chi connectivity index (χ2v) is 7.52. The van der Waals surface area contributed by atoms with Gasteiger partial charge in [-0.1, -0.05) is 61.8 Å². The van der Waals surface area contributed by atoms with E-state index in [0.29, 0.717) is 16.5 Å². The van der Waals surface area contributed by atoms with Crippen molar-refractivity contribution in [2.45, 2.75) is 39.7 Å². The predicted molar refractivity (Wildman–Crippen MR) is 110 cm³/mol. The van der Waals surface area contributed by atoms with Gasteiger partial charge in [-0.15, -0.1) is 0 Å². The minimum absolute atomic E-state index is 0.0788. The van der Waals surface area contributed by atoms with Crippen molar-refractivity contribution in [3.05, 3.63) is 70.2 Å². The lowest BCUT2D eigenvalue weighted by Gasteiger charge is -2.15. The van der Waals surface area contributed by atoms with Crippen LogP contribution in [0.3, 0.4) is 0 Å². The van der Waals surface area contributed by atoms with Gasteiger partial charge in [-0.25, -0.2) is 0 Å². The Morgan fingerprint density at radius 2 is 1.67 bits per heavy atom. The molecule has 5 heteroatoms. The van der Waals surface area contributed by atoms with Crippen LogP contribution in [0.1, 0.15) is 54.7 Å². The van der Waals surface area contributed by atoms with Crippen molar-refractivity contribution in [3.63, 3.8) is 0 Å². The third-order valence-electron chi connectivity index (χ3n) is 4.26. The van der Waals surface area contributed by atoms with Crippen molar-refractivity contribution in [2.24, 2.45) is 5.92 Å². The maximum absolute atomic E-state index is 12.1. The number of carbonyl (C=O) groups excluding carboxylic acids is 2. The minimum Gasteiger partial charge on any atom is -0.351 e. The van der Waals surface area contributed by atoms with Crippen LogP contribution in [-0.2, 0) is 11.2 Å². The number of benzene rings is 2. The summed E-state index contributed by atoms with van der Waals surface area (Å²) in [5.74, 6) is 0.240. The number of halogens is 1. The fourth-order valence-electron chi connectivity index (χ4n) is 2.84. The molecule has 0 aliphatic rings. The smallest absolute Gasteiger partial charge is 0.252 e. The molecule has 0 heterocycles. The van der Waals surface area contributed by atoms with E-state index in [9.17, 15) is 9.59 Å². The molecule has 2 rings (SSSR count). The molecule has 0 spiro atoms. The molecule has 0 bridgehead atoms. The van der Waals surface area contributed by atoms with Crippen molar-refractivity contribution in [2.75, 3.05) is 6.54 Å². The minimum atomic E-state index is -0.276. The average Bonchev–Trinajstić information content (AvgIpc) is 2.62. The van der Waals surface area contributed by atoms with Crippen LogP contribution in [0.4, 0.5) is 0 Å². The lowest BCUT2D eigenvalue weighted by molar-refractivity contribution is -0.121. The number of nitrogens with one attached hydrogen (secondary N) is 2. The summed E-state index contributed by atoms with van der Waals surface area (Å²) in [6.45, 7) is 6.61. The van der Waals surface area contributed by atoms with E-state index in [1.165, 1.54) is 5.56 Å². The summed E-state index contributed by atoms with van der Waals surface area (Å²) < 4.78 is 0. The molecule has 2 aromatic rings. The Labute approximate surface area is 166 Å². The maximum Gasteiger partial charge on any atom is 0.252 e. The van der Waals surface area contributed by atoms with E-state index < -0.39 is 0 Å². The topological polar surface area (TPSA) is 58.2 Å². The highest BCUT2D eigenvalue weighted by Crippen LogP contribution is 2.16. The van der Waals surface area contributed by atoms with Crippen molar-refractivity contribution >= 4 is 23.4 Å². The molecular formula is C22H27ClN2O2. The van der Waals surface area contributed by atoms with Crippen LogP contribution in [0.25, 0.3) is 0 Å². The van der Waals surface area contributed by atoms with E-state index in [1.54, 1.807) is 24.3 Å². The van der Waals surface area contributed by atoms with Gasteiger partial charge in [0.2, 0.25) is 5.91 Å². The van der Waals surface area contributed by atoms with E-state index in [-0.39, 0.29) is 30.8 Å². The molecule has 4 nitrogen and oxygen atoms in total. The second-order valence-electron chi connectivity index (χ2n) is 7.11. The van der Waals surface area contributed by atoms with Gasteiger partial charge < -0.3 is 10.6 Å². The number of hydrogen-bond donors (Lipinski definition) is 2. The molecule has 2 aromatic carbocycles. The molecule has 27 heavy (non-hydrogen) atoms. The molecule has 0 fully saturated rings. The van der Waals surface area contributed by atoms with Crippen LogP contribution in [-0.4, -0.2) is 18.4 Å². The predicted octanol–water partition coefficient (Wildman–Crippen LogP) is 4.54. The van der Waals surface area contributed by atoms with Crippen LogP contribution in [0.15, 0.2) is 48.5 Å². The fraction of sp³-hybridized carbons (Fsp3) is 0.364. The highest BCUT2D eigenvalue weighted by atomic mass is 35.5. The molecule has 144 valence electrons. The lowest BCUT2D eigenvalue weighted by atomic mass is 10.00. The molecule has 0 radical (unpaired) electrons. The molecule has 2 N–H and O–H groups in total. The maximum atomic E-state index is 12.1. The molecule has 2 amide bonds. The van der Waals surface area contributed by atoms with Crippen LogP contribution in [0.5, 0.6) is 0 Å². The van der Waals surface area contributed by atoms with Crippen molar-refractivity contribution < 1.29 is 9.59 Å². The zero-order valence-electron chi connectivity index (χ0n) is 16.1. The first-order chi connectivity index (χ1) is 12.9. The Hall–Kier alpha value is -2.33. The highest BCUT2D eigenvalue weighted by molar-refractivity contribution is 6.33. The van der Waals surface area contributed by atoms with Crippen molar-refractivity contribution in [1.29, 1.82) is 0 Å². The molecule has 0 aliphatic heterocycles. The van der Waals surface area contributed by atoms with Gasteiger partial charge in [0.25, 0.3) is 5.91 Å². The summed E-state index contributed by atoms with van der Waals surface area (Å²) in [5, 5.41) is 6.09. The van der Waals surface area contributed by atoms with E-state index in [1.807, 2.05) is 6.92 Å². The molecule has 0 saturated heterocycles. The van der Waals surface area contributed by atoms with Gasteiger partial charge in [0.15, 0.2) is 0 Å². The first-order valence-electron chi connectivity index (χ1n) is 9.27. The summed E-state index contributed by atoms with van der Waals surface area (Å²) in [7, 11) is 0. The second kappa shape index (κ2) is 10.1. The van der Waals surface area contributed by atoms with Gasteiger partial charge in [-0.3, -0.25) is 9.59 Å². The molecule has 0 aromatic heterocycles. The Kier molecular flexibility index (Phi) is 7.86. The van der Waals surface area contributed by atoms with E-state index >= 15 is 0 Å². The standard InChI is InChI=1S/C22H27ClN2O2/c1-15(2)14-17-8-10-18(11-9-17)16(3)25-21(26)12-13-24-22(27)19-6-4-5-7-20(19)23/h4-11,15-16H,12-14H2,1-3H3,(H,24,27)(H,25,26). The number of carbonyl (C=O) groups is 2. The van der Waals surface area contributed by atoms with Gasteiger partial charge in [0.05, 0.1) is 16.6 Å². The Morgan fingerprint density at radius 3 is 2.30 bits per heavy atom. The quantitative estimate of drug-likeness (QED) is 0.699. The Balaban J connectivity index is 1.78. The molecule has 0 aliphatic carbocycles. The zero-order valence-corrected chi connectivity index (χ0v) is 16.8. The number of amides is 2. The van der Waals surface area contributed by atoms with E-state index in [4.69, 9.17) is 11.6 Å². The van der Waals surface area contributed by atoms with Crippen LogP contribution in [0, 0.1) is 5.92 Å². The third kappa shape index (κ3) is 6.72. The monoisotopic (exact) mass is 386 g/mol. The third-order valence-corrected chi connectivity index (χ3v) is 4.59. The van der Waals surface area contributed by atoms with Gasteiger partial charge in [0.1, 0.15) is 0 Å². The van der Waals surface area contributed by atoms with Gasteiger partial charge >= 0.3 is 0 Å². The molecule has 1 atom stereocenters. The Morgan fingerprint density at radius 1 is 1.00 bits per heavy atom. The summed E-state index contributed by atoms with van der Waals surface area (Å²) in [4.78, 5) is 24.2. The Bertz CT molecular complexity index is 772. The normalized spacial score (nSPS) is 11.9. The number of rotatable bonds is 8. The van der Waals surface area contributed by atoms with E-state index in [2.05, 4.69) is 48.7 Å². The highest BCUT2D eigenvalue weighted by Gasteiger charge is 2.12. The number of hydrogen-bond acceptors (Lipinski definition) is 2. The zero-order chi connectivity index (χ0) is 19.8. The largest absolute Gasteiger partial charge is 0.351 e. The molecule has 0 saturated carbocycles. The molecule has 1 unspecified atom stereocenters. The summed E-state index contributed by atoms with van der Waals surface area (Å²) in [5.41, 5.74) is 2.78.